The summed E-state index contributed by atoms with van der Waals surface area (Å²) in [7, 11) is 0. The minimum absolute atomic E-state index is 0.0757. The van der Waals surface area contributed by atoms with Gasteiger partial charge in [0.05, 0.1) is 0 Å². The van der Waals surface area contributed by atoms with E-state index in [4.69, 9.17) is 0 Å². The first-order valence-corrected chi connectivity index (χ1v) is 9.45. The zero-order valence-corrected chi connectivity index (χ0v) is 15.8. The molecule has 1 aliphatic carbocycles. The zero-order chi connectivity index (χ0) is 19.4. The van der Waals surface area contributed by atoms with Crippen LogP contribution in [0.1, 0.15) is 43.4 Å². The van der Waals surface area contributed by atoms with Crippen molar-refractivity contribution in [2.75, 3.05) is 5.32 Å². The predicted molar refractivity (Wildman–Crippen MR) is 104 cm³/mol. The van der Waals surface area contributed by atoms with Gasteiger partial charge in [-0.1, -0.05) is 50.2 Å². The van der Waals surface area contributed by atoms with Gasteiger partial charge in [-0.3, -0.25) is 9.59 Å². The predicted octanol–water partition coefficient (Wildman–Crippen LogP) is 3.99. The summed E-state index contributed by atoms with van der Waals surface area (Å²) in [5.74, 6) is -0.976. The van der Waals surface area contributed by atoms with Crippen LogP contribution < -0.4 is 10.6 Å². The number of amides is 2. The van der Waals surface area contributed by atoms with E-state index >= 15 is 0 Å². The average Bonchev–Trinajstić information content (AvgIpc) is 3.49. The number of hydrogen-bond acceptors (Lipinski definition) is 2. The highest BCUT2D eigenvalue weighted by Crippen LogP contribution is 2.47. The highest BCUT2D eigenvalue weighted by Gasteiger charge is 2.56. The van der Waals surface area contributed by atoms with Crippen LogP contribution in [0.4, 0.5) is 10.1 Å². The van der Waals surface area contributed by atoms with Crippen LogP contribution in [0, 0.1) is 11.2 Å². The van der Waals surface area contributed by atoms with Gasteiger partial charge < -0.3 is 10.6 Å². The van der Waals surface area contributed by atoms with Gasteiger partial charge in [0.1, 0.15) is 11.2 Å². The van der Waals surface area contributed by atoms with Gasteiger partial charge in [-0.15, -0.1) is 0 Å². The Kier molecular flexibility index (Phi) is 5.59. The van der Waals surface area contributed by atoms with E-state index in [2.05, 4.69) is 10.6 Å². The molecular formula is C22H25FN2O2. The fraction of sp³-hybridized carbons (Fsp3) is 0.364. The Labute approximate surface area is 159 Å². The molecular weight excluding hydrogens is 343 g/mol. The van der Waals surface area contributed by atoms with E-state index in [0.717, 1.165) is 29.7 Å². The Morgan fingerprint density at radius 2 is 1.52 bits per heavy atom. The summed E-state index contributed by atoms with van der Waals surface area (Å²) < 4.78 is 13.7. The zero-order valence-electron chi connectivity index (χ0n) is 15.8. The van der Waals surface area contributed by atoms with Crippen LogP contribution in [0.25, 0.3) is 0 Å². The van der Waals surface area contributed by atoms with Crippen LogP contribution in [0.15, 0.2) is 42.5 Å². The fourth-order valence-electron chi connectivity index (χ4n) is 3.30. The second-order valence-corrected chi connectivity index (χ2v) is 6.97. The number of carbonyl (C=O) groups excluding carboxylic acids is 2. The molecule has 0 aromatic heterocycles. The Morgan fingerprint density at radius 3 is 2.07 bits per heavy atom. The number of benzene rings is 2. The molecule has 2 aromatic rings. The fourth-order valence-corrected chi connectivity index (χ4v) is 3.30. The topological polar surface area (TPSA) is 58.2 Å². The normalized spacial score (nSPS) is 14.5. The molecule has 142 valence electrons. The van der Waals surface area contributed by atoms with Gasteiger partial charge >= 0.3 is 0 Å². The molecule has 3 rings (SSSR count). The molecule has 5 heteroatoms. The summed E-state index contributed by atoms with van der Waals surface area (Å²) in [6.07, 6.45) is 2.63. The molecule has 1 saturated carbocycles. The quantitative estimate of drug-likeness (QED) is 0.726. The summed E-state index contributed by atoms with van der Waals surface area (Å²) >= 11 is 0. The van der Waals surface area contributed by atoms with Gasteiger partial charge in [0.2, 0.25) is 11.8 Å². The lowest BCUT2D eigenvalue weighted by Crippen LogP contribution is -2.40. The number of aryl methyl sites for hydroxylation is 2. The third-order valence-electron chi connectivity index (χ3n) is 5.25. The molecule has 0 radical (unpaired) electrons. The summed E-state index contributed by atoms with van der Waals surface area (Å²) in [6, 6.07) is 12.3. The second-order valence-electron chi connectivity index (χ2n) is 6.97. The van der Waals surface area contributed by atoms with Crippen LogP contribution >= 0.6 is 0 Å². The molecule has 0 saturated heterocycles. The average molecular weight is 368 g/mol. The first kappa shape index (κ1) is 19.1. The molecule has 2 amide bonds. The number of anilines is 1. The minimum Gasteiger partial charge on any atom is -0.351 e. The maximum absolute atomic E-state index is 13.7. The molecule has 0 bridgehead atoms. The van der Waals surface area contributed by atoms with E-state index in [1.54, 1.807) is 18.2 Å². The molecule has 0 spiro atoms. The van der Waals surface area contributed by atoms with Gasteiger partial charge in [0, 0.05) is 17.8 Å². The standard InChI is InChI=1S/C22H25FN2O2/c1-3-15-9-7-10-16(4-2)19(15)25-21(27)22(12-13-22)20(26)24-14-17-8-5-6-11-18(17)23/h5-11H,3-4,12-14H2,1-2H3,(H,24,26)(H,25,27). The van der Waals surface area contributed by atoms with Gasteiger partial charge in [0.15, 0.2) is 0 Å². The molecule has 0 heterocycles. The van der Waals surface area contributed by atoms with Crippen LogP contribution in [-0.2, 0) is 29.0 Å². The van der Waals surface area contributed by atoms with Crippen molar-refractivity contribution in [3.63, 3.8) is 0 Å². The third-order valence-corrected chi connectivity index (χ3v) is 5.25. The van der Waals surface area contributed by atoms with Crippen LogP contribution in [0.5, 0.6) is 0 Å². The molecule has 0 unspecified atom stereocenters. The number of carbonyl (C=O) groups is 2. The lowest BCUT2D eigenvalue weighted by molar-refractivity contribution is -0.134. The molecule has 0 atom stereocenters. The van der Waals surface area contributed by atoms with Crippen LogP contribution in [0.2, 0.25) is 0 Å². The van der Waals surface area contributed by atoms with Crippen molar-refractivity contribution in [2.24, 2.45) is 5.41 Å². The number of para-hydroxylation sites is 1. The summed E-state index contributed by atoms with van der Waals surface area (Å²) in [5.41, 5.74) is 2.31. The van der Waals surface area contributed by atoms with Gasteiger partial charge in [-0.05, 0) is 42.9 Å². The Balaban J connectivity index is 1.71. The summed E-state index contributed by atoms with van der Waals surface area (Å²) in [4.78, 5) is 25.6. The first-order chi connectivity index (χ1) is 13.0. The maximum Gasteiger partial charge on any atom is 0.240 e. The summed E-state index contributed by atoms with van der Waals surface area (Å²) in [6.45, 7) is 4.16. The molecule has 27 heavy (non-hydrogen) atoms. The van der Waals surface area contributed by atoms with E-state index in [0.29, 0.717) is 18.4 Å². The van der Waals surface area contributed by atoms with E-state index in [1.165, 1.54) is 6.07 Å². The monoisotopic (exact) mass is 368 g/mol. The van der Waals surface area contributed by atoms with E-state index in [1.807, 2.05) is 32.0 Å². The van der Waals surface area contributed by atoms with E-state index in [-0.39, 0.29) is 24.2 Å². The van der Waals surface area contributed by atoms with Crippen molar-refractivity contribution >= 4 is 17.5 Å². The SMILES string of the molecule is CCc1cccc(CC)c1NC(=O)C1(C(=O)NCc2ccccc2F)CC1. The van der Waals surface area contributed by atoms with Crippen LogP contribution in [-0.4, -0.2) is 11.8 Å². The molecule has 1 fully saturated rings. The van der Waals surface area contributed by atoms with Crippen molar-refractivity contribution in [2.45, 2.75) is 46.1 Å². The molecule has 4 nitrogen and oxygen atoms in total. The van der Waals surface area contributed by atoms with Gasteiger partial charge in [-0.25, -0.2) is 4.39 Å². The van der Waals surface area contributed by atoms with Crippen molar-refractivity contribution in [3.8, 4) is 0 Å². The van der Waals surface area contributed by atoms with Crippen molar-refractivity contribution < 1.29 is 14.0 Å². The lowest BCUT2D eigenvalue weighted by Gasteiger charge is -2.19. The number of rotatable bonds is 7. The van der Waals surface area contributed by atoms with Gasteiger partial charge in [0.25, 0.3) is 0 Å². The number of hydrogen-bond donors (Lipinski definition) is 2. The van der Waals surface area contributed by atoms with E-state index in [9.17, 15) is 14.0 Å². The second kappa shape index (κ2) is 7.91. The van der Waals surface area contributed by atoms with Crippen molar-refractivity contribution in [1.82, 2.24) is 5.32 Å². The largest absolute Gasteiger partial charge is 0.351 e. The molecule has 0 aliphatic heterocycles. The van der Waals surface area contributed by atoms with Crippen LogP contribution in [0.3, 0.4) is 0 Å². The Morgan fingerprint density at radius 1 is 0.926 bits per heavy atom. The lowest BCUT2D eigenvalue weighted by atomic mass is 10.0. The molecule has 1 aliphatic rings. The smallest absolute Gasteiger partial charge is 0.240 e. The number of nitrogens with one attached hydrogen (secondary N) is 2. The highest BCUT2D eigenvalue weighted by molar-refractivity contribution is 6.13. The maximum atomic E-state index is 13.7. The number of halogens is 1. The Hall–Kier alpha value is -2.69. The molecule has 2 N–H and O–H groups in total. The minimum atomic E-state index is -1.04. The first-order valence-electron chi connectivity index (χ1n) is 9.45. The van der Waals surface area contributed by atoms with E-state index < -0.39 is 5.41 Å². The third kappa shape index (κ3) is 3.87. The Bertz CT molecular complexity index is 837. The van der Waals surface area contributed by atoms with Gasteiger partial charge in [-0.2, -0.15) is 0 Å². The van der Waals surface area contributed by atoms with Crippen molar-refractivity contribution in [1.29, 1.82) is 0 Å². The highest BCUT2D eigenvalue weighted by atomic mass is 19.1. The van der Waals surface area contributed by atoms with Crippen molar-refractivity contribution in [3.05, 3.63) is 65.0 Å². The molecule has 2 aromatic carbocycles. The summed E-state index contributed by atoms with van der Waals surface area (Å²) in [5, 5.41) is 5.73.